The number of carbonyl (C=O) groups excluding carboxylic acids is 1. The third kappa shape index (κ3) is 5.90. The van der Waals surface area contributed by atoms with Gasteiger partial charge in [0.2, 0.25) is 0 Å². The van der Waals surface area contributed by atoms with Crippen molar-refractivity contribution >= 4 is 28.6 Å². The summed E-state index contributed by atoms with van der Waals surface area (Å²) in [6, 6.07) is 4.64. The highest BCUT2D eigenvalue weighted by molar-refractivity contribution is 5.91. The Kier molecular flexibility index (Phi) is 6.80. The van der Waals surface area contributed by atoms with Crippen LogP contribution in [0.4, 0.5) is 4.39 Å². The number of imidazole rings is 1. The summed E-state index contributed by atoms with van der Waals surface area (Å²) in [5, 5.41) is 16.4. The quantitative estimate of drug-likeness (QED) is 0.556. The van der Waals surface area contributed by atoms with Gasteiger partial charge in [-0.2, -0.15) is 0 Å². The average Bonchev–Trinajstić information content (AvgIpc) is 3.22. The van der Waals surface area contributed by atoms with E-state index in [-0.39, 0.29) is 11.6 Å². The van der Waals surface area contributed by atoms with Gasteiger partial charge in [0.05, 0.1) is 6.33 Å². The molecular weight excluding hydrogens is 369 g/mol. The molecule has 0 unspecified atom stereocenters. The summed E-state index contributed by atoms with van der Waals surface area (Å²) in [5.41, 5.74) is 2.57. The van der Waals surface area contributed by atoms with Gasteiger partial charge in [-0.05, 0) is 23.8 Å². The Balaban J connectivity index is 0.000000300. The van der Waals surface area contributed by atoms with Gasteiger partial charge in [-0.3, -0.25) is 4.79 Å². The lowest BCUT2D eigenvalue weighted by Crippen LogP contribution is -2.06. The largest absolute Gasteiger partial charge is 0.478 e. The summed E-state index contributed by atoms with van der Waals surface area (Å²) in [6.45, 7) is 0. The highest BCUT2D eigenvalue weighted by Gasteiger charge is 2.12. The van der Waals surface area contributed by atoms with Crippen LogP contribution in [0.2, 0.25) is 0 Å². The van der Waals surface area contributed by atoms with Gasteiger partial charge < -0.3 is 19.8 Å². The fraction of sp³-hybridized carbons (Fsp3) is 0.158. The number of nitrogens with zero attached hydrogens (tertiary/aromatic N) is 2. The van der Waals surface area contributed by atoms with E-state index in [1.807, 2.05) is 17.8 Å². The van der Waals surface area contributed by atoms with Gasteiger partial charge >= 0.3 is 11.9 Å². The third-order valence-corrected chi connectivity index (χ3v) is 3.73. The first-order valence-corrected chi connectivity index (χ1v) is 8.12. The molecule has 28 heavy (non-hydrogen) atoms. The van der Waals surface area contributed by atoms with Gasteiger partial charge in [0, 0.05) is 61.0 Å². The maximum Gasteiger partial charge on any atom is 0.328 e. The minimum atomic E-state index is -1.26. The van der Waals surface area contributed by atoms with Crippen molar-refractivity contribution < 1.29 is 29.0 Å². The predicted octanol–water partition coefficient (Wildman–Crippen LogP) is 2.11. The number of carboxylic acid groups (broad SMARTS) is 2. The van der Waals surface area contributed by atoms with Gasteiger partial charge in [-0.1, -0.05) is 0 Å². The van der Waals surface area contributed by atoms with Crippen LogP contribution >= 0.6 is 0 Å². The smallest absolute Gasteiger partial charge is 0.328 e. The molecule has 0 saturated heterocycles. The molecule has 0 aliphatic heterocycles. The number of rotatable bonds is 6. The molecule has 146 valence electrons. The Morgan fingerprint density at radius 2 is 1.86 bits per heavy atom. The first kappa shape index (κ1) is 20.6. The number of carboxylic acids is 2. The molecule has 2 heterocycles. The van der Waals surface area contributed by atoms with Crippen LogP contribution in [0.1, 0.15) is 11.3 Å². The van der Waals surface area contributed by atoms with Crippen molar-refractivity contribution in [3.05, 3.63) is 66.1 Å². The molecule has 9 heteroatoms. The Labute approximate surface area is 158 Å². The van der Waals surface area contributed by atoms with E-state index in [1.54, 1.807) is 18.6 Å². The number of ketones is 1. The van der Waals surface area contributed by atoms with Crippen LogP contribution in [0, 0.1) is 5.82 Å². The van der Waals surface area contributed by atoms with Crippen LogP contribution in [0.15, 0.2) is 49.1 Å². The molecule has 8 nitrogen and oxygen atoms in total. The number of H-pyrrole nitrogens is 1. The lowest BCUT2D eigenvalue weighted by molar-refractivity contribution is -0.134. The number of fused-ring (bicyclic) bond motifs is 1. The summed E-state index contributed by atoms with van der Waals surface area (Å²) in [6.07, 6.45) is 6.79. The van der Waals surface area contributed by atoms with E-state index in [2.05, 4.69) is 9.97 Å². The van der Waals surface area contributed by atoms with Gasteiger partial charge in [0.25, 0.3) is 0 Å². The van der Waals surface area contributed by atoms with E-state index < -0.39 is 11.9 Å². The molecule has 0 fully saturated rings. The lowest BCUT2D eigenvalue weighted by Gasteiger charge is -1.99. The van der Waals surface area contributed by atoms with E-state index in [0.29, 0.717) is 25.0 Å². The molecule has 3 aromatic rings. The number of halogens is 1. The molecule has 0 aliphatic carbocycles. The molecule has 3 rings (SSSR count). The number of aromatic amines is 1. The molecular formula is C19H18FN3O5. The highest BCUT2D eigenvalue weighted by atomic mass is 19.1. The number of Topliss-reactive ketones (excluding diaryl/α,β-unsaturated/α-hetero) is 1. The van der Waals surface area contributed by atoms with Crippen molar-refractivity contribution in [2.75, 3.05) is 0 Å². The summed E-state index contributed by atoms with van der Waals surface area (Å²) >= 11 is 0. The van der Waals surface area contributed by atoms with Crippen molar-refractivity contribution in [3.8, 4) is 0 Å². The van der Waals surface area contributed by atoms with Crippen LogP contribution < -0.4 is 0 Å². The van der Waals surface area contributed by atoms with Crippen molar-refractivity contribution in [1.29, 1.82) is 0 Å². The minimum Gasteiger partial charge on any atom is -0.478 e. The number of benzene rings is 1. The fourth-order valence-electron chi connectivity index (χ4n) is 2.60. The number of aryl methyl sites for hydroxylation is 1. The summed E-state index contributed by atoms with van der Waals surface area (Å²) < 4.78 is 15.3. The van der Waals surface area contributed by atoms with E-state index >= 15 is 0 Å². The molecule has 0 aliphatic rings. The molecule has 0 radical (unpaired) electrons. The Hall–Kier alpha value is -3.75. The normalized spacial score (nSPS) is 10.6. The number of carbonyl (C=O) groups is 3. The van der Waals surface area contributed by atoms with Gasteiger partial charge in [-0.25, -0.2) is 19.0 Å². The van der Waals surface area contributed by atoms with Crippen LogP contribution in [0.25, 0.3) is 10.9 Å². The van der Waals surface area contributed by atoms with Crippen molar-refractivity contribution in [3.63, 3.8) is 0 Å². The second kappa shape index (κ2) is 9.26. The van der Waals surface area contributed by atoms with Crippen molar-refractivity contribution in [2.45, 2.75) is 12.8 Å². The summed E-state index contributed by atoms with van der Waals surface area (Å²) in [7, 11) is 1.89. The van der Waals surface area contributed by atoms with Gasteiger partial charge in [0.15, 0.2) is 0 Å². The molecule has 0 atom stereocenters. The number of nitrogens with one attached hydrogen (secondary N) is 1. The zero-order valence-electron chi connectivity index (χ0n) is 14.9. The van der Waals surface area contributed by atoms with E-state index in [0.717, 1.165) is 22.2 Å². The first-order valence-electron chi connectivity index (χ1n) is 8.12. The monoisotopic (exact) mass is 387 g/mol. The van der Waals surface area contributed by atoms with Crippen LogP contribution in [-0.2, 0) is 34.3 Å². The van der Waals surface area contributed by atoms with Gasteiger partial charge in [-0.15, -0.1) is 0 Å². The summed E-state index contributed by atoms with van der Waals surface area (Å²) in [4.78, 5) is 38.0. The molecule has 0 amide bonds. The van der Waals surface area contributed by atoms with Crippen LogP contribution in [0.5, 0.6) is 0 Å². The molecule has 0 spiro atoms. The summed E-state index contributed by atoms with van der Waals surface area (Å²) in [5.74, 6) is -2.73. The standard InChI is InChI=1S/C15H14FN3O.C4H4O4/c1-19-8-10(14-5-11(16)2-3-15(14)19)4-13(20)6-12-7-17-9-18-12;5-3(6)1-2-4(7)8/h2-3,5,7-9H,4,6H2,1H3,(H,17,18);1-2H,(H,5,6)(H,7,8)/b;2-1-. The Morgan fingerprint density at radius 1 is 1.18 bits per heavy atom. The van der Waals surface area contributed by atoms with Crippen LogP contribution in [0.3, 0.4) is 0 Å². The number of hydrogen-bond acceptors (Lipinski definition) is 4. The third-order valence-electron chi connectivity index (χ3n) is 3.73. The zero-order valence-corrected chi connectivity index (χ0v) is 14.9. The molecule has 1 aromatic carbocycles. The second-order valence-electron chi connectivity index (χ2n) is 5.91. The maximum atomic E-state index is 13.4. The van der Waals surface area contributed by atoms with Crippen molar-refractivity contribution in [1.82, 2.24) is 14.5 Å². The zero-order chi connectivity index (χ0) is 20.7. The predicted molar refractivity (Wildman–Crippen MR) is 98.3 cm³/mol. The Bertz CT molecular complexity index is 1010. The first-order chi connectivity index (χ1) is 13.3. The average molecular weight is 387 g/mol. The number of aromatic nitrogens is 3. The van der Waals surface area contributed by atoms with Crippen molar-refractivity contribution in [2.24, 2.45) is 7.05 Å². The second-order valence-corrected chi connectivity index (χ2v) is 5.91. The van der Waals surface area contributed by atoms with Crippen LogP contribution in [-0.4, -0.2) is 42.5 Å². The minimum absolute atomic E-state index is 0.0750. The van der Waals surface area contributed by atoms with Gasteiger partial charge in [0.1, 0.15) is 11.6 Å². The molecule has 0 bridgehead atoms. The lowest BCUT2D eigenvalue weighted by atomic mass is 10.1. The maximum absolute atomic E-state index is 13.4. The van der Waals surface area contributed by atoms with E-state index in [4.69, 9.17) is 10.2 Å². The molecule has 0 saturated carbocycles. The Morgan fingerprint density at radius 3 is 2.43 bits per heavy atom. The topological polar surface area (TPSA) is 125 Å². The number of aliphatic carboxylic acids is 2. The van der Waals surface area contributed by atoms with E-state index in [9.17, 15) is 18.8 Å². The molecule has 2 aromatic heterocycles. The van der Waals surface area contributed by atoms with E-state index in [1.165, 1.54) is 12.1 Å². The fourth-order valence-corrected chi connectivity index (χ4v) is 2.60. The highest BCUT2D eigenvalue weighted by Crippen LogP contribution is 2.22. The number of hydrogen-bond donors (Lipinski definition) is 3. The molecule has 3 N–H and O–H groups in total. The SMILES string of the molecule is Cn1cc(CC(=O)Cc2cnc[nH]2)c2cc(F)ccc21.O=C(O)/C=C\C(=O)O.